The summed E-state index contributed by atoms with van der Waals surface area (Å²) in [7, 11) is 0. The van der Waals surface area contributed by atoms with Gasteiger partial charge in [-0.25, -0.2) is 0 Å². The molecule has 110 valence electrons. The minimum absolute atomic E-state index is 0.323. The molecular weight excluding hydrogens is 248 g/mol. The maximum Gasteiger partial charge on any atom is 0.222 e. The van der Waals surface area contributed by atoms with Gasteiger partial charge in [0.1, 0.15) is 0 Å². The van der Waals surface area contributed by atoms with E-state index >= 15 is 0 Å². The van der Waals surface area contributed by atoms with E-state index in [2.05, 4.69) is 26.0 Å². The van der Waals surface area contributed by atoms with Crippen LogP contribution in [0.1, 0.15) is 38.7 Å². The number of nitrogens with two attached hydrogens (primary N) is 1. The van der Waals surface area contributed by atoms with Gasteiger partial charge >= 0.3 is 0 Å². The standard InChI is InChI=1S/C17H26N2O/c1-13(2)15-5-8-17(20)19(12-10-15)11-9-14-3-6-16(18)7-4-14/h3-4,6-7,13,15H,5,8-12,18H2,1-2H3. The van der Waals surface area contributed by atoms with Crippen molar-refractivity contribution >= 4 is 11.6 Å². The Morgan fingerprint density at radius 2 is 1.95 bits per heavy atom. The summed E-state index contributed by atoms with van der Waals surface area (Å²) < 4.78 is 0. The molecule has 1 saturated heterocycles. The van der Waals surface area contributed by atoms with Crippen LogP contribution in [0.3, 0.4) is 0 Å². The van der Waals surface area contributed by atoms with Gasteiger partial charge in [0.15, 0.2) is 0 Å². The molecule has 1 aromatic carbocycles. The second-order valence-electron chi connectivity index (χ2n) is 6.20. The highest BCUT2D eigenvalue weighted by Crippen LogP contribution is 2.25. The molecule has 0 radical (unpaired) electrons. The summed E-state index contributed by atoms with van der Waals surface area (Å²) in [5, 5.41) is 0. The fraction of sp³-hybridized carbons (Fsp3) is 0.588. The Hall–Kier alpha value is -1.51. The van der Waals surface area contributed by atoms with Gasteiger partial charge in [0.25, 0.3) is 0 Å². The molecule has 1 fully saturated rings. The van der Waals surface area contributed by atoms with Crippen molar-refractivity contribution in [1.29, 1.82) is 0 Å². The minimum Gasteiger partial charge on any atom is -0.399 e. The van der Waals surface area contributed by atoms with Crippen molar-refractivity contribution in [3.05, 3.63) is 29.8 Å². The van der Waals surface area contributed by atoms with E-state index < -0.39 is 0 Å². The monoisotopic (exact) mass is 274 g/mol. The van der Waals surface area contributed by atoms with Crippen LogP contribution >= 0.6 is 0 Å². The predicted octanol–water partition coefficient (Wildman–Crippen LogP) is 3.10. The molecule has 3 heteroatoms. The molecule has 1 heterocycles. The van der Waals surface area contributed by atoms with E-state index in [1.54, 1.807) is 0 Å². The zero-order valence-electron chi connectivity index (χ0n) is 12.6. The molecule has 0 spiro atoms. The molecule has 1 aliphatic heterocycles. The van der Waals surface area contributed by atoms with Crippen LogP contribution in [0.5, 0.6) is 0 Å². The fourth-order valence-corrected chi connectivity index (χ4v) is 2.91. The van der Waals surface area contributed by atoms with Crippen molar-refractivity contribution in [3.63, 3.8) is 0 Å². The van der Waals surface area contributed by atoms with Crippen LogP contribution in [0.25, 0.3) is 0 Å². The quantitative estimate of drug-likeness (QED) is 0.858. The Labute approximate surface area is 122 Å². The summed E-state index contributed by atoms with van der Waals surface area (Å²) in [6, 6.07) is 7.95. The topological polar surface area (TPSA) is 46.3 Å². The molecule has 1 unspecified atom stereocenters. The van der Waals surface area contributed by atoms with Crippen molar-refractivity contribution in [2.24, 2.45) is 11.8 Å². The first-order chi connectivity index (χ1) is 9.56. The molecule has 0 aromatic heterocycles. The van der Waals surface area contributed by atoms with Crippen LogP contribution in [0.2, 0.25) is 0 Å². The normalized spacial score (nSPS) is 20.2. The third-order valence-corrected chi connectivity index (χ3v) is 4.44. The van der Waals surface area contributed by atoms with E-state index in [0.717, 1.165) is 38.0 Å². The van der Waals surface area contributed by atoms with E-state index in [-0.39, 0.29) is 0 Å². The van der Waals surface area contributed by atoms with Crippen molar-refractivity contribution < 1.29 is 4.79 Å². The summed E-state index contributed by atoms with van der Waals surface area (Å²) in [4.78, 5) is 14.2. The maximum atomic E-state index is 12.2. The lowest BCUT2D eigenvalue weighted by Gasteiger charge is -2.21. The van der Waals surface area contributed by atoms with Crippen molar-refractivity contribution in [3.8, 4) is 0 Å². The van der Waals surface area contributed by atoms with Gasteiger partial charge in [-0.05, 0) is 48.8 Å². The van der Waals surface area contributed by atoms with Gasteiger partial charge in [-0.2, -0.15) is 0 Å². The molecule has 2 rings (SSSR count). The average molecular weight is 274 g/mol. The Morgan fingerprint density at radius 1 is 1.25 bits per heavy atom. The highest BCUT2D eigenvalue weighted by atomic mass is 16.2. The van der Waals surface area contributed by atoms with E-state index in [9.17, 15) is 4.79 Å². The number of likely N-dealkylation sites (tertiary alicyclic amines) is 1. The number of hydrogen-bond donors (Lipinski definition) is 1. The van der Waals surface area contributed by atoms with Gasteiger partial charge in [-0.3, -0.25) is 4.79 Å². The van der Waals surface area contributed by atoms with Crippen molar-refractivity contribution in [1.82, 2.24) is 4.90 Å². The lowest BCUT2D eigenvalue weighted by molar-refractivity contribution is -0.130. The number of nitrogens with zero attached hydrogens (tertiary/aromatic N) is 1. The van der Waals surface area contributed by atoms with Crippen LogP contribution in [0.4, 0.5) is 5.69 Å². The number of carbonyl (C=O) groups excluding carboxylic acids is 1. The molecule has 2 N–H and O–H groups in total. The van der Waals surface area contributed by atoms with E-state index in [0.29, 0.717) is 24.2 Å². The number of anilines is 1. The number of carbonyl (C=O) groups is 1. The molecule has 1 aromatic rings. The summed E-state index contributed by atoms with van der Waals surface area (Å²) in [5.74, 6) is 1.70. The number of benzene rings is 1. The lowest BCUT2D eigenvalue weighted by atomic mass is 9.89. The highest BCUT2D eigenvalue weighted by molar-refractivity contribution is 5.76. The van der Waals surface area contributed by atoms with E-state index in [1.165, 1.54) is 5.56 Å². The van der Waals surface area contributed by atoms with Gasteiger partial charge in [0, 0.05) is 25.2 Å². The summed E-state index contributed by atoms with van der Waals surface area (Å²) in [6.07, 6.45) is 3.82. The third-order valence-electron chi connectivity index (χ3n) is 4.44. The highest BCUT2D eigenvalue weighted by Gasteiger charge is 2.23. The molecule has 1 aliphatic rings. The van der Waals surface area contributed by atoms with Crippen LogP contribution in [-0.2, 0) is 11.2 Å². The molecule has 0 aliphatic carbocycles. The summed E-state index contributed by atoms with van der Waals surface area (Å²) in [6.45, 7) is 6.27. The van der Waals surface area contributed by atoms with Gasteiger partial charge in [-0.15, -0.1) is 0 Å². The van der Waals surface area contributed by atoms with Gasteiger partial charge in [-0.1, -0.05) is 26.0 Å². The minimum atomic E-state index is 0.323. The zero-order chi connectivity index (χ0) is 14.5. The number of amides is 1. The number of rotatable bonds is 4. The zero-order valence-corrected chi connectivity index (χ0v) is 12.6. The first-order valence-electron chi connectivity index (χ1n) is 7.68. The van der Waals surface area contributed by atoms with Crippen LogP contribution < -0.4 is 5.73 Å². The van der Waals surface area contributed by atoms with Gasteiger partial charge in [0.05, 0.1) is 0 Å². The first kappa shape index (κ1) is 14.9. The number of hydrogen-bond acceptors (Lipinski definition) is 2. The summed E-state index contributed by atoms with van der Waals surface area (Å²) >= 11 is 0. The Kier molecular flexibility index (Phi) is 5.05. The van der Waals surface area contributed by atoms with Crippen LogP contribution in [-0.4, -0.2) is 23.9 Å². The largest absolute Gasteiger partial charge is 0.399 e. The molecule has 0 saturated carbocycles. The molecule has 20 heavy (non-hydrogen) atoms. The van der Waals surface area contributed by atoms with E-state index in [4.69, 9.17) is 5.73 Å². The SMILES string of the molecule is CC(C)C1CCC(=O)N(CCc2ccc(N)cc2)CC1. The molecule has 0 bridgehead atoms. The smallest absolute Gasteiger partial charge is 0.222 e. The Balaban J connectivity index is 1.88. The van der Waals surface area contributed by atoms with E-state index in [1.807, 2.05) is 17.0 Å². The number of nitrogen functional groups attached to an aromatic ring is 1. The first-order valence-corrected chi connectivity index (χ1v) is 7.68. The Bertz CT molecular complexity index is 439. The average Bonchev–Trinajstić information content (AvgIpc) is 2.60. The summed E-state index contributed by atoms with van der Waals surface area (Å²) in [5.41, 5.74) is 7.73. The maximum absolute atomic E-state index is 12.2. The Morgan fingerprint density at radius 3 is 2.60 bits per heavy atom. The molecule has 1 amide bonds. The van der Waals surface area contributed by atoms with Crippen LogP contribution in [0.15, 0.2) is 24.3 Å². The molecular formula is C17H26N2O. The molecule has 3 nitrogen and oxygen atoms in total. The molecule has 1 atom stereocenters. The predicted molar refractivity (Wildman–Crippen MR) is 83.3 cm³/mol. The second kappa shape index (κ2) is 6.78. The fourth-order valence-electron chi connectivity index (χ4n) is 2.91. The van der Waals surface area contributed by atoms with Crippen LogP contribution in [0, 0.1) is 11.8 Å². The second-order valence-corrected chi connectivity index (χ2v) is 6.20. The third kappa shape index (κ3) is 3.99. The van der Waals surface area contributed by atoms with Crippen molar-refractivity contribution in [2.45, 2.75) is 39.5 Å². The van der Waals surface area contributed by atoms with Crippen molar-refractivity contribution in [2.75, 3.05) is 18.8 Å². The lowest BCUT2D eigenvalue weighted by Crippen LogP contribution is -2.32. The van der Waals surface area contributed by atoms with Gasteiger partial charge < -0.3 is 10.6 Å². The van der Waals surface area contributed by atoms with Gasteiger partial charge in [0.2, 0.25) is 5.91 Å².